The maximum atomic E-state index is 14.9. The number of aromatic nitrogens is 1. The number of oxazole rings is 1. The molecule has 0 atom stereocenters. The molecule has 0 bridgehead atoms. The van der Waals surface area contributed by atoms with Crippen molar-refractivity contribution < 1.29 is 26.0 Å². The van der Waals surface area contributed by atoms with E-state index in [0.717, 1.165) is 0 Å². The number of rotatable bonds is 5. The van der Waals surface area contributed by atoms with Crippen LogP contribution in [-0.2, 0) is 16.4 Å². The molecule has 0 unspecified atom stereocenters. The van der Waals surface area contributed by atoms with Gasteiger partial charge in [-0.15, -0.1) is 0 Å². The molecule has 1 saturated carbocycles. The van der Waals surface area contributed by atoms with Crippen LogP contribution in [0.2, 0.25) is 0 Å². The van der Waals surface area contributed by atoms with E-state index in [9.17, 15) is 21.6 Å². The summed E-state index contributed by atoms with van der Waals surface area (Å²) in [6, 6.07) is 4.15. The van der Waals surface area contributed by atoms with Crippen molar-refractivity contribution in [1.29, 1.82) is 0 Å². The third-order valence-electron chi connectivity index (χ3n) is 4.52. The van der Waals surface area contributed by atoms with Crippen LogP contribution in [0.4, 0.5) is 18.9 Å². The van der Waals surface area contributed by atoms with E-state index < -0.39 is 38.2 Å². The Morgan fingerprint density at radius 1 is 1.25 bits per heavy atom. The SMILES string of the molecule is Cc1nc2c(F)c(F)c(Cc3ccc(Br)cc3F)c(NS(=O)(=O)C3CC3)c2o1. The fraction of sp³-hybridized carbons (Fsp3) is 0.278. The lowest BCUT2D eigenvalue weighted by Gasteiger charge is -2.15. The second-order valence-electron chi connectivity index (χ2n) is 6.65. The number of fused-ring (bicyclic) bond motifs is 1. The lowest BCUT2D eigenvalue weighted by atomic mass is 10.0. The average Bonchev–Trinajstić information content (AvgIpc) is 3.41. The summed E-state index contributed by atoms with van der Waals surface area (Å²) in [7, 11) is -3.81. The predicted molar refractivity (Wildman–Crippen MR) is 101 cm³/mol. The molecule has 1 aliphatic carbocycles. The summed E-state index contributed by atoms with van der Waals surface area (Å²) in [5.74, 6) is -3.16. The quantitative estimate of drug-likeness (QED) is 0.575. The van der Waals surface area contributed by atoms with Crippen LogP contribution in [0, 0.1) is 24.4 Å². The third-order valence-corrected chi connectivity index (χ3v) is 6.85. The molecule has 5 nitrogen and oxygen atoms in total. The van der Waals surface area contributed by atoms with Crippen molar-refractivity contribution in [2.45, 2.75) is 31.4 Å². The minimum absolute atomic E-state index is 0.0483. The molecule has 0 saturated heterocycles. The van der Waals surface area contributed by atoms with Crippen LogP contribution >= 0.6 is 15.9 Å². The number of aryl methyl sites for hydroxylation is 1. The number of benzene rings is 2. The van der Waals surface area contributed by atoms with Gasteiger partial charge in [-0.05, 0) is 30.5 Å². The van der Waals surface area contributed by atoms with E-state index in [1.165, 1.54) is 19.1 Å². The van der Waals surface area contributed by atoms with Gasteiger partial charge < -0.3 is 4.42 Å². The Bertz CT molecular complexity index is 1210. The third kappa shape index (κ3) is 3.39. The number of sulfonamides is 1. The molecule has 3 aromatic rings. The molecule has 0 amide bonds. The number of anilines is 1. The highest BCUT2D eigenvalue weighted by atomic mass is 79.9. The highest BCUT2D eigenvalue weighted by Gasteiger charge is 2.37. The monoisotopic (exact) mass is 474 g/mol. The number of halogens is 4. The summed E-state index contributed by atoms with van der Waals surface area (Å²) < 4.78 is 76.8. The van der Waals surface area contributed by atoms with E-state index in [1.807, 2.05) is 0 Å². The van der Waals surface area contributed by atoms with Crippen LogP contribution in [-0.4, -0.2) is 18.7 Å². The van der Waals surface area contributed by atoms with E-state index in [4.69, 9.17) is 4.42 Å². The van der Waals surface area contributed by atoms with Gasteiger partial charge in [0.15, 0.2) is 28.6 Å². The van der Waals surface area contributed by atoms with Gasteiger partial charge in [0.1, 0.15) is 11.5 Å². The van der Waals surface area contributed by atoms with Crippen LogP contribution in [0.1, 0.15) is 29.9 Å². The van der Waals surface area contributed by atoms with Gasteiger partial charge in [-0.1, -0.05) is 22.0 Å². The number of hydrogen-bond acceptors (Lipinski definition) is 4. The molecule has 2 aromatic carbocycles. The number of nitrogens with one attached hydrogen (secondary N) is 1. The maximum Gasteiger partial charge on any atom is 0.235 e. The van der Waals surface area contributed by atoms with E-state index in [0.29, 0.717) is 17.3 Å². The fourth-order valence-electron chi connectivity index (χ4n) is 2.96. The van der Waals surface area contributed by atoms with Crippen molar-refractivity contribution in [2.24, 2.45) is 0 Å². The lowest BCUT2D eigenvalue weighted by Crippen LogP contribution is -2.19. The predicted octanol–water partition coefficient (Wildman–Crippen LogP) is 4.81. The number of nitrogens with zero attached hydrogens (tertiary/aromatic N) is 1. The first kappa shape index (κ1) is 19.3. The minimum Gasteiger partial charge on any atom is -0.439 e. The Kier molecular flexibility index (Phi) is 4.65. The first-order valence-electron chi connectivity index (χ1n) is 8.40. The molecule has 0 spiro atoms. The second kappa shape index (κ2) is 6.77. The van der Waals surface area contributed by atoms with Gasteiger partial charge >= 0.3 is 0 Å². The summed E-state index contributed by atoms with van der Waals surface area (Å²) in [5, 5.41) is -0.600. The van der Waals surface area contributed by atoms with Crippen LogP contribution in [0.3, 0.4) is 0 Å². The van der Waals surface area contributed by atoms with Crippen molar-refractivity contribution in [3.63, 3.8) is 0 Å². The molecule has 0 aliphatic heterocycles. The molecule has 1 aromatic heterocycles. The molecule has 1 aliphatic rings. The standard InChI is InChI=1S/C18H14BrF3N2O3S/c1-8-23-17-15(22)14(21)12(6-9-2-3-10(19)7-13(9)20)16(18(17)27-8)24-28(25,26)11-4-5-11/h2-3,7,11,24H,4-6H2,1H3. The molecule has 4 rings (SSSR count). The summed E-state index contributed by atoms with van der Waals surface area (Å²) in [5.41, 5.74) is -1.14. The highest BCUT2D eigenvalue weighted by Crippen LogP contribution is 2.38. The average molecular weight is 475 g/mol. The second-order valence-corrected chi connectivity index (χ2v) is 9.53. The summed E-state index contributed by atoms with van der Waals surface area (Å²) in [6.45, 7) is 1.44. The van der Waals surface area contributed by atoms with E-state index in [-0.39, 0.29) is 34.7 Å². The van der Waals surface area contributed by atoms with Gasteiger partial charge in [-0.2, -0.15) is 0 Å². The number of hydrogen-bond donors (Lipinski definition) is 1. The van der Waals surface area contributed by atoms with E-state index in [1.54, 1.807) is 6.07 Å². The van der Waals surface area contributed by atoms with Crippen LogP contribution < -0.4 is 4.72 Å². The molecule has 0 radical (unpaired) electrons. The van der Waals surface area contributed by atoms with Crippen molar-refractivity contribution >= 4 is 42.7 Å². The van der Waals surface area contributed by atoms with Gasteiger partial charge in [0.2, 0.25) is 10.0 Å². The fourth-order valence-corrected chi connectivity index (χ4v) is 4.72. The molecular formula is C18H14BrF3N2O3S. The van der Waals surface area contributed by atoms with Crippen molar-refractivity contribution in [2.75, 3.05) is 4.72 Å². The topological polar surface area (TPSA) is 72.2 Å². The van der Waals surface area contributed by atoms with Gasteiger partial charge in [0.25, 0.3) is 0 Å². The Balaban J connectivity index is 1.92. The van der Waals surface area contributed by atoms with E-state index in [2.05, 4.69) is 25.6 Å². The lowest BCUT2D eigenvalue weighted by molar-refractivity contribution is 0.506. The normalized spacial score (nSPS) is 14.6. The molecular weight excluding hydrogens is 461 g/mol. The Morgan fingerprint density at radius 2 is 1.96 bits per heavy atom. The minimum atomic E-state index is -3.81. The zero-order valence-electron chi connectivity index (χ0n) is 14.5. The van der Waals surface area contributed by atoms with E-state index >= 15 is 0 Å². The largest absolute Gasteiger partial charge is 0.439 e. The van der Waals surface area contributed by atoms with Gasteiger partial charge in [0, 0.05) is 23.4 Å². The van der Waals surface area contributed by atoms with Crippen LogP contribution in [0.5, 0.6) is 0 Å². The highest BCUT2D eigenvalue weighted by molar-refractivity contribution is 9.10. The molecule has 1 N–H and O–H groups in total. The zero-order valence-corrected chi connectivity index (χ0v) is 16.9. The molecule has 1 fully saturated rings. The van der Waals surface area contributed by atoms with Crippen molar-refractivity contribution in [1.82, 2.24) is 4.98 Å². The summed E-state index contributed by atoms with van der Waals surface area (Å²) >= 11 is 3.13. The summed E-state index contributed by atoms with van der Waals surface area (Å²) in [6.07, 6.45) is 0.586. The smallest absolute Gasteiger partial charge is 0.235 e. The maximum absolute atomic E-state index is 14.9. The summed E-state index contributed by atoms with van der Waals surface area (Å²) in [4.78, 5) is 3.81. The molecule has 148 valence electrons. The van der Waals surface area contributed by atoms with Crippen LogP contribution in [0.15, 0.2) is 27.1 Å². The molecule has 1 heterocycles. The Morgan fingerprint density at radius 3 is 2.61 bits per heavy atom. The van der Waals surface area contributed by atoms with Gasteiger partial charge in [0.05, 0.1) is 5.25 Å². The van der Waals surface area contributed by atoms with Gasteiger partial charge in [-0.25, -0.2) is 26.6 Å². The zero-order chi connectivity index (χ0) is 20.2. The Hall–Kier alpha value is -2.07. The van der Waals surface area contributed by atoms with Gasteiger partial charge in [-0.3, -0.25) is 4.72 Å². The van der Waals surface area contributed by atoms with Crippen molar-refractivity contribution in [3.8, 4) is 0 Å². The van der Waals surface area contributed by atoms with Crippen LogP contribution in [0.25, 0.3) is 11.1 Å². The Labute approximate surface area is 167 Å². The first-order chi connectivity index (χ1) is 13.2. The first-order valence-corrected chi connectivity index (χ1v) is 10.7. The van der Waals surface area contributed by atoms with Crippen molar-refractivity contribution in [3.05, 3.63) is 57.1 Å². The molecule has 28 heavy (non-hydrogen) atoms. The molecule has 10 heteroatoms.